The van der Waals surface area contributed by atoms with Crippen molar-refractivity contribution in [3.05, 3.63) is 10.8 Å². The molecule has 76 valence electrons. The molecule has 0 aliphatic carbocycles. The first-order valence-electron chi connectivity index (χ1n) is 4.68. The van der Waals surface area contributed by atoms with Crippen molar-refractivity contribution in [2.45, 2.75) is 26.3 Å². The summed E-state index contributed by atoms with van der Waals surface area (Å²) in [5, 5.41) is 0.471. The zero-order valence-electron chi connectivity index (χ0n) is 8.29. The molecule has 0 bridgehead atoms. The van der Waals surface area contributed by atoms with Crippen molar-refractivity contribution < 1.29 is 0 Å². The lowest BCUT2D eigenvalue weighted by Crippen LogP contribution is -2.28. The predicted octanol–water partition coefficient (Wildman–Crippen LogP) is 1.48. The van der Waals surface area contributed by atoms with Crippen LogP contribution in [0, 0.1) is 0 Å². The van der Waals surface area contributed by atoms with Gasteiger partial charge in [-0.25, -0.2) is 4.98 Å². The third kappa shape index (κ3) is 1.39. The molecule has 0 fully saturated rings. The SMILES string of the molecule is CC(C)N1CCc2nc(N)nc(Cl)c21. The van der Waals surface area contributed by atoms with E-state index >= 15 is 0 Å². The Labute approximate surface area is 88.1 Å². The molecule has 1 aromatic heterocycles. The smallest absolute Gasteiger partial charge is 0.221 e. The summed E-state index contributed by atoms with van der Waals surface area (Å²) in [6.45, 7) is 5.20. The first-order valence-corrected chi connectivity index (χ1v) is 5.06. The maximum Gasteiger partial charge on any atom is 0.221 e. The Balaban J connectivity index is 2.49. The van der Waals surface area contributed by atoms with E-state index in [2.05, 4.69) is 28.7 Å². The van der Waals surface area contributed by atoms with Crippen LogP contribution in [0.2, 0.25) is 5.15 Å². The molecular weight excluding hydrogens is 200 g/mol. The van der Waals surface area contributed by atoms with E-state index in [-0.39, 0.29) is 5.95 Å². The van der Waals surface area contributed by atoms with E-state index in [9.17, 15) is 0 Å². The fourth-order valence-electron chi connectivity index (χ4n) is 1.80. The number of nitrogens with two attached hydrogens (primary N) is 1. The quantitative estimate of drug-likeness (QED) is 0.717. The van der Waals surface area contributed by atoms with E-state index < -0.39 is 0 Å². The van der Waals surface area contributed by atoms with Gasteiger partial charge in [0.2, 0.25) is 5.95 Å². The van der Waals surface area contributed by atoms with E-state index in [0.717, 1.165) is 24.3 Å². The van der Waals surface area contributed by atoms with Crippen LogP contribution in [0.15, 0.2) is 0 Å². The van der Waals surface area contributed by atoms with Crippen molar-refractivity contribution in [2.75, 3.05) is 17.2 Å². The molecule has 0 radical (unpaired) electrons. The summed E-state index contributed by atoms with van der Waals surface area (Å²) in [5.41, 5.74) is 7.45. The molecule has 2 heterocycles. The molecule has 0 saturated heterocycles. The summed E-state index contributed by atoms with van der Waals surface area (Å²) >= 11 is 6.04. The molecule has 0 aromatic carbocycles. The fourth-order valence-corrected chi connectivity index (χ4v) is 2.11. The Kier molecular flexibility index (Phi) is 2.23. The highest BCUT2D eigenvalue weighted by molar-refractivity contribution is 6.32. The maximum atomic E-state index is 6.04. The molecule has 1 aliphatic rings. The van der Waals surface area contributed by atoms with Gasteiger partial charge in [-0.05, 0) is 13.8 Å². The van der Waals surface area contributed by atoms with Gasteiger partial charge in [-0.15, -0.1) is 0 Å². The number of nitrogens with zero attached hydrogens (tertiary/aromatic N) is 3. The molecule has 0 saturated carbocycles. The van der Waals surface area contributed by atoms with Gasteiger partial charge in [0.15, 0.2) is 5.15 Å². The average molecular weight is 213 g/mol. The third-order valence-electron chi connectivity index (χ3n) is 2.43. The molecule has 1 aliphatic heterocycles. The minimum Gasteiger partial charge on any atom is -0.368 e. The van der Waals surface area contributed by atoms with Gasteiger partial charge in [-0.1, -0.05) is 11.6 Å². The second-order valence-electron chi connectivity index (χ2n) is 3.71. The second kappa shape index (κ2) is 3.28. The molecule has 2 N–H and O–H groups in total. The van der Waals surface area contributed by atoms with Crippen LogP contribution in [0.1, 0.15) is 19.5 Å². The number of fused-ring (bicyclic) bond motifs is 1. The molecule has 1 aromatic rings. The van der Waals surface area contributed by atoms with Crippen molar-refractivity contribution in [3.8, 4) is 0 Å². The van der Waals surface area contributed by atoms with Gasteiger partial charge >= 0.3 is 0 Å². The van der Waals surface area contributed by atoms with Crippen LogP contribution in [0.3, 0.4) is 0 Å². The molecule has 0 amide bonds. The normalized spacial score (nSPS) is 15.0. The Morgan fingerprint density at radius 2 is 2.14 bits per heavy atom. The van der Waals surface area contributed by atoms with Crippen molar-refractivity contribution in [2.24, 2.45) is 0 Å². The molecule has 0 spiro atoms. The number of rotatable bonds is 1. The van der Waals surface area contributed by atoms with E-state index in [4.69, 9.17) is 17.3 Å². The second-order valence-corrected chi connectivity index (χ2v) is 4.06. The monoisotopic (exact) mass is 212 g/mol. The standard InChI is InChI=1S/C9H13ClN4/c1-5(2)14-4-3-6-7(14)8(10)13-9(11)12-6/h5H,3-4H2,1-2H3,(H2,11,12,13). The van der Waals surface area contributed by atoms with E-state index in [1.165, 1.54) is 0 Å². The summed E-state index contributed by atoms with van der Waals surface area (Å²) in [7, 11) is 0. The van der Waals surface area contributed by atoms with Crippen molar-refractivity contribution in [1.82, 2.24) is 9.97 Å². The van der Waals surface area contributed by atoms with Crippen molar-refractivity contribution in [3.63, 3.8) is 0 Å². The largest absolute Gasteiger partial charge is 0.368 e. The molecule has 0 unspecified atom stereocenters. The minimum absolute atomic E-state index is 0.263. The van der Waals surface area contributed by atoms with Crippen molar-refractivity contribution >= 4 is 23.2 Å². The van der Waals surface area contributed by atoms with Gasteiger partial charge in [-0.2, -0.15) is 4.98 Å². The van der Waals surface area contributed by atoms with Gasteiger partial charge in [-0.3, -0.25) is 0 Å². The van der Waals surface area contributed by atoms with E-state index in [0.29, 0.717) is 11.2 Å². The minimum atomic E-state index is 0.263. The summed E-state index contributed by atoms with van der Waals surface area (Å²) in [4.78, 5) is 10.4. The van der Waals surface area contributed by atoms with Crippen LogP contribution < -0.4 is 10.6 Å². The third-order valence-corrected chi connectivity index (χ3v) is 2.69. The van der Waals surface area contributed by atoms with Gasteiger partial charge in [0.1, 0.15) is 0 Å². The summed E-state index contributed by atoms with van der Waals surface area (Å²) in [6.07, 6.45) is 0.903. The maximum absolute atomic E-state index is 6.04. The highest BCUT2D eigenvalue weighted by Crippen LogP contribution is 2.34. The van der Waals surface area contributed by atoms with E-state index in [1.54, 1.807) is 0 Å². The van der Waals surface area contributed by atoms with Gasteiger partial charge in [0.25, 0.3) is 0 Å². The van der Waals surface area contributed by atoms with Gasteiger partial charge in [0.05, 0.1) is 11.4 Å². The Morgan fingerprint density at radius 3 is 2.79 bits per heavy atom. The molecule has 5 heteroatoms. The molecule has 0 atom stereocenters. The van der Waals surface area contributed by atoms with Crippen LogP contribution >= 0.6 is 11.6 Å². The van der Waals surface area contributed by atoms with Crippen LogP contribution in [0.25, 0.3) is 0 Å². The first-order chi connectivity index (χ1) is 6.59. The van der Waals surface area contributed by atoms with Crippen molar-refractivity contribution in [1.29, 1.82) is 0 Å². The van der Waals surface area contributed by atoms with Crippen LogP contribution in [-0.4, -0.2) is 22.6 Å². The molecule has 2 rings (SSSR count). The Bertz CT molecular complexity index is 364. The van der Waals surface area contributed by atoms with Crippen LogP contribution in [-0.2, 0) is 6.42 Å². The van der Waals surface area contributed by atoms with E-state index in [1.807, 2.05) is 0 Å². The van der Waals surface area contributed by atoms with Gasteiger partial charge in [0, 0.05) is 19.0 Å². The Morgan fingerprint density at radius 1 is 1.43 bits per heavy atom. The molecular formula is C9H13ClN4. The lowest BCUT2D eigenvalue weighted by molar-refractivity contribution is 0.709. The van der Waals surface area contributed by atoms with Crippen LogP contribution in [0.4, 0.5) is 11.6 Å². The van der Waals surface area contributed by atoms with Gasteiger partial charge < -0.3 is 10.6 Å². The number of nitrogen functional groups attached to an aromatic ring is 1. The number of halogens is 1. The highest BCUT2D eigenvalue weighted by atomic mass is 35.5. The fraction of sp³-hybridized carbons (Fsp3) is 0.556. The summed E-state index contributed by atoms with van der Waals surface area (Å²) < 4.78 is 0. The molecule has 14 heavy (non-hydrogen) atoms. The lowest BCUT2D eigenvalue weighted by atomic mass is 10.3. The summed E-state index contributed by atoms with van der Waals surface area (Å²) in [5.74, 6) is 0.263. The predicted molar refractivity (Wildman–Crippen MR) is 57.6 cm³/mol. The zero-order valence-corrected chi connectivity index (χ0v) is 9.04. The summed E-state index contributed by atoms with van der Waals surface area (Å²) in [6, 6.07) is 0.418. The molecule has 4 nitrogen and oxygen atoms in total. The Hall–Kier alpha value is -1.03. The van der Waals surface area contributed by atoms with Crippen LogP contribution in [0.5, 0.6) is 0 Å². The highest BCUT2D eigenvalue weighted by Gasteiger charge is 2.26. The number of aromatic nitrogens is 2. The number of hydrogen-bond donors (Lipinski definition) is 1. The topological polar surface area (TPSA) is 55.0 Å². The zero-order chi connectivity index (χ0) is 10.3. The number of hydrogen-bond acceptors (Lipinski definition) is 4. The number of anilines is 2. The first kappa shape index (κ1) is 9.52. The average Bonchev–Trinajstić information content (AvgIpc) is 2.47. The lowest BCUT2D eigenvalue weighted by Gasteiger charge is -2.23.